The largest absolute Gasteiger partial charge is 0.481 e. The molecule has 10 rings (SSSR count). The zero-order chi connectivity index (χ0) is 53.3. The first-order valence-corrected chi connectivity index (χ1v) is 27.6. The summed E-state index contributed by atoms with van der Waals surface area (Å²) in [6.45, 7) is 12.5. The molecule has 0 atom stereocenters. The van der Waals surface area contributed by atoms with Gasteiger partial charge < -0.3 is 19.9 Å². The Morgan fingerprint density at radius 1 is 0.575 bits per heavy atom. The van der Waals surface area contributed by atoms with Crippen molar-refractivity contribution >= 4 is 184 Å². The van der Waals surface area contributed by atoms with E-state index in [1.165, 1.54) is 91.4 Å². The van der Waals surface area contributed by atoms with Gasteiger partial charge in [0.05, 0.1) is 81.1 Å². The van der Waals surface area contributed by atoms with E-state index in [2.05, 4.69) is 54.6 Å². The van der Waals surface area contributed by atoms with Gasteiger partial charge in [0.2, 0.25) is 0 Å². The minimum absolute atomic E-state index is 0.0180. The van der Waals surface area contributed by atoms with Crippen molar-refractivity contribution in [2.45, 2.75) is 58.5 Å². The van der Waals surface area contributed by atoms with Crippen molar-refractivity contribution in [2.24, 2.45) is 0 Å². The highest BCUT2D eigenvalue weighted by Gasteiger charge is 2.20. The van der Waals surface area contributed by atoms with Crippen molar-refractivity contribution in [2.75, 3.05) is 18.6 Å². The van der Waals surface area contributed by atoms with E-state index in [-0.39, 0.29) is 39.5 Å². The molecule has 0 amide bonds. The summed E-state index contributed by atoms with van der Waals surface area (Å²) >= 11 is 20.9. The van der Waals surface area contributed by atoms with E-state index >= 15 is 0 Å². The average Bonchev–Trinajstić information content (AvgIpc) is 4.19. The molecule has 10 aromatic rings. The van der Waals surface area contributed by atoms with Crippen LogP contribution < -0.4 is 5.56 Å². The molecule has 0 radical (unpaired) electrons. The molecule has 0 unspecified atom stereocenters. The lowest BCUT2D eigenvalue weighted by Crippen LogP contribution is -2.03. The van der Waals surface area contributed by atoms with Crippen molar-refractivity contribution in [3.63, 3.8) is 0 Å². The molecule has 0 aliphatic rings. The summed E-state index contributed by atoms with van der Waals surface area (Å²) in [6.07, 6.45) is 7.10. The van der Waals surface area contributed by atoms with Gasteiger partial charge in [0, 0.05) is 5.56 Å². The maximum Gasteiger partial charge on any atom is 0.346 e. The fourth-order valence-corrected chi connectivity index (χ4v) is 13.6. The Kier molecular flexibility index (Phi) is 19.5. The first-order chi connectivity index (χ1) is 34.7. The van der Waals surface area contributed by atoms with Crippen LogP contribution in [-0.4, -0.2) is 108 Å². The van der Waals surface area contributed by atoms with Crippen LogP contribution in [0.4, 0.5) is 0 Å². The van der Waals surface area contributed by atoms with Crippen LogP contribution in [0.25, 0.3) is 51.1 Å². The Hall–Kier alpha value is -5.97. The van der Waals surface area contributed by atoms with Gasteiger partial charge in [-0.25, -0.2) is 49.7 Å². The molecule has 10 aromatic heterocycles. The molecule has 0 spiro atoms. The van der Waals surface area contributed by atoms with E-state index < -0.39 is 11.9 Å². The van der Waals surface area contributed by atoms with Crippen LogP contribution in [0.15, 0.2) is 57.2 Å². The number of thioether (sulfide) groups is 2. The maximum atomic E-state index is 11.5. The lowest BCUT2D eigenvalue weighted by atomic mass is 10.2. The number of nitrogens with zero attached hydrogens (tertiary/aromatic N) is 9. The second kappa shape index (κ2) is 25.3. The molecule has 0 aliphatic carbocycles. The number of H-pyrrole nitrogens is 1. The van der Waals surface area contributed by atoms with Crippen molar-refractivity contribution < 1.29 is 38.9 Å². The summed E-state index contributed by atoms with van der Waals surface area (Å²) in [7, 11) is 1.35. The minimum Gasteiger partial charge on any atom is -0.481 e. The van der Waals surface area contributed by atoms with E-state index in [0.29, 0.717) is 50.6 Å². The van der Waals surface area contributed by atoms with Gasteiger partial charge in [0.25, 0.3) is 5.56 Å². The predicted octanol–water partition coefficient (Wildman–Crippen LogP) is 11.1. The number of aryl methyl sites for hydroxylation is 5. The van der Waals surface area contributed by atoms with Crippen LogP contribution in [0.3, 0.4) is 0 Å². The number of aromatic amines is 1. The molecule has 0 bridgehead atoms. The van der Waals surface area contributed by atoms with Crippen LogP contribution in [-0.2, 0) is 14.3 Å². The van der Waals surface area contributed by atoms with E-state index in [1.807, 2.05) is 38.5 Å². The number of aromatic carboxylic acids is 1. The number of ether oxygens (including phenoxy) is 1. The first kappa shape index (κ1) is 56.3. The topological polar surface area (TPSA) is 284 Å². The number of Topliss-reactive ketones (excluding diaryl/α,β-unsaturated/α-hetero) is 2. The number of halogens is 2. The summed E-state index contributed by atoms with van der Waals surface area (Å²) in [5, 5.41) is 23.8. The van der Waals surface area contributed by atoms with Crippen molar-refractivity contribution in [1.29, 1.82) is 0 Å². The summed E-state index contributed by atoms with van der Waals surface area (Å²) in [5.41, 5.74) is 8.43. The number of thiophene rings is 5. The Labute approximate surface area is 451 Å². The molecule has 19 nitrogen and oxygen atoms in total. The Balaban J connectivity index is 0.000000151. The van der Waals surface area contributed by atoms with Gasteiger partial charge in [-0.05, 0) is 81.5 Å². The van der Waals surface area contributed by atoms with Crippen LogP contribution >= 0.6 is 103 Å². The Morgan fingerprint density at radius 2 is 1.00 bits per heavy atom. The molecule has 378 valence electrons. The fraction of sp³-hybridized carbons (Fsp3) is 0.222. The number of carbonyl (C=O) groups is 5. The molecule has 0 saturated heterocycles. The Bertz CT molecular complexity index is 3780. The Morgan fingerprint density at radius 3 is 1.47 bits per heavy atom. The number of ketones is 2. The van der Waals surface area contributed by atoms with Crippen LogP contribution in [0.1, 0.15) is 70.7 Å². The van der Waals surface area contributed by atoms with Gasteiger partial charge in [-0.2, -0.15) is 0 Å². The number of methoxy groups -OCH3 is 1. The van der Waals surface area contributed by atoms with Crippen LogP contribution in [0.5, 0.6) is 0 Å². The molecule has 0 aromatic carbocycles. The number of carbonyl (C=O) groups excluding carboxylic acids is 3. The number of aliphatic carboxylic acids is 1. The van der Waals surface area contributed by atoms with Crippen molar-refractivity contribution in [1.82, 2.24) is 49.8 Å². The molecule has 73 heavy (non-hydrogen) atoms. The smallest absolute Gasteiger partial charge is 0.346 e. The third-order valence-corrected chi connectivity index (χ3v) is 19.0. The number of esters is 1. The molecule has 0 saturated carbocycles. The zero-order valence-corrected chi connectivity index (χ0v) is 46.6. The van der Waals surface area contributed by atoms with E-state index in [1.54, 1.807) is 25.2 Å². The monoisotopic (exact) mass is 1160 g/mol. The molecule has 0 fully saturated rings. The molecule has 3 N–H and O–H groups in total. The second-order valence-corrected chi connectivity index (χ2v) is 22.2. The maximum absolute atomic E-state index is 11.5. The van der Waals surface area contributed by atoms with Gasteiger partial charge in [-0.15, -0.1) is 56.7 Å². The van der Waals surface area contributed by atoms with Gasteiger partial charge in [0.1, 0.15) is 55.2 Å². The van der Waals surface area contributed by atoms with Gasteiger partial charge in [0.15, 0.2) is 11.6 Å². The predicted molar refractivity (Wildman–Crippen MR) is 292 cm³/mol. The number of hydrogen-bond acceptors (Lipinski definition) is 23. The molecular formula is C45H38Cl2N10O9S7. The lowest BCUT2D eigenvalue weighted by Gasteiger charge is -2.00. The summed E-state index contributed by atoms with van der Waals surface area (Å²) in [6, 6.07) is 0. The summed E-state index contributed by atoms with van der Waals surface area (Å²) in [5.74, 6) is -2.13. The molecule has 28 heteroatoms. The van der Waals surface area contributed by atoms with Gasteiger partial charge in [-0.1, -0.05) is 46.7 Å². The number of nitrogens with one attached hydrogen (secondary N) is 1. The third kappa shape index (κ3) is 13.4. The normalized spacial score (nSPS) is 10.7. The lowest BCUT2D eigenvalue weighted by molar-refractivity contribution is -0.137. The van der Waals surface area contributed by atoms with Gasteiger partial charge in [-0.3, -0.25) is 24.0 Å². The zero-order valence-electron chi connectivity index (χ0n) is 39.3. The quantitative estimate of drug-likeness (QED) is 0.0524. The third-order valence-electron chi connectivity index (χ3n) is 9.75. The van der Waals surface area contributed by atoms with Crippen LogP contribution in [0, 0.1) is 34.6 Å². The van der Waals surface area contributed by atoms with E-state index in [4.69, 9.17) is 33.4 Å². The average molecular weight is 1160 g/mol. The van der Waals surface area contributed by atoms with Crippen molar-refractivity contribution in [3.8, 4) is 0 Å². The number of carboxylic acid groups (broad SMARTS) is 2. The second-order valence-electron chi connectivity index (χ2n) is 14.8. The SMILES string of the molecule is CC(=O)c1sc2c(Cl)ncnc2c1C.COC(=O)CSc1ncnc2c(C)c(C(C)=O)sc12.Cc1c(C(=O)O)sc2c(SCC(=O)O)ncnc12.Cc1csc2c(=O)[nH]cnc12.Cc1csc2c(Cl)ncnc12. The van der Waals surface area contributed by atoms with Crippen LogP contribution in [0.2, 0.25) is 10.3 Å². The fourth-order valence-electron chi connectivity index (χ4n) is 6.32. The van der Waals surface area contributed by atoms with E-state index in [0.717, 1.165) is 81.5 Å². The highest BCUT2D eigenvalue weighted by molar-refractivity contribution is 8.00. The number of hydrogen-bond donors (Lipinski definition) is 3. The van der Waals surface area contributed by atoms with E-state index in [9.17, 15) is 28.8 Å². The highest BCUT2D eigenvalue weighted by atomic mass is 35.5. The van der Waals surface area contributed by atoms with Crippen molar-refractivity contribution in [3.05, 3.63) is 106 Å². The number of fused-ring (bicyclic) bond motifs is 5. The summed E-state index contributed by atoms with van der Waals surface area (Å²) in [4.78, 5) is 107. The number of rotatable bonds is 9. The number of carboxylic acids is 2. The summed E-state index contributed by atoms with van der Waals surface area (Å²) < 4.78 is 8.55. The standard InChI is InChI=1S/C12H12N2O3S2.C10H8N2O4S2.C9H7ClN2OS.C7H5ClN2S.C7H6N2OS/c1-6-9-11(19-10(6)7(2)15)12(14-5-13-9)18-4-8(16)17-3;1-4-6-8(18-7(4)10(15)16)9(12-3-11-6)17-2-5(13)14;1-4-6-8(9(10)12-3-11-6)14-7(4)5(2)13;1-4-2-11-6-5(4)9-3-10-7(6)8;1-4-2-11-6-5(4)8-3-9-7(6)10/h5H,4H2,1-3H3;3H,2H2,1H3,(H,13,14)(H,15,16);3H,1-2H3;2-3H,1H3;2-3H,1H3,(H,8,9,10). The molecule has 10 heterocycles. The number of aromatic nitrogens is 10. The molecular weight excluding hydrogens is 1120 g/mol. The highest BCUT2D eigenvalue weighted by Crippen LogP contribution is 2.37. The molecule has 0 aliphatic heterocycles. The minimum atomic E-state index is -1.01. The first-order valence-electron chi connectivity index (χ1n) is 20.7. The van der Waals surface area contributed by atoms with Gasteiger partial charge >= 0.3 is 17.9 Å².